The minimum atomic E-state index is -0.567. The van der Waals surface area contributed by atoms with Crippen molar-refractivity contribution in [2.24, 2.45) is 11.8 Å². The van der Waals surface area contributed by atoms with Crippen LogP contribution < -0.4 is 4.90 Å². The summed E-state index contributed by atoms with van der Waals surface area (Å²) in [5.41, 5.74) is -0.567. The second kappa shape index (κ2) is 7.05. The summed E-state index contributed by atoms with van der Waals surface area (Å²) in [6, 6.07) is 3.07. The number of hydrogen-bond acceptors (Lipinski definition) is 4. The van der Waals surface area contributed by atoms with Gasteiger partial charge in [-0.3, -0.25) is 4.79 Å². The fourth-order valence-corrected chi connectivity index (χ4v) is 3.85. The molecule has 0 unspecified atom stereocenters. The molecule has 1 saturated heterocycles. The minimum Gasteiger partial charge on any atom is -0.483 e. The van der Waals surface area contributed by atoms with Gasteiger partial charge in [0.1, 0.15) is 0 Å². The maximum atomic E-state index is 13.8. The summed E-state index contributed by atoms with van der Waals surface area (Å²) in [6.45, 7) is 3.34. The van der Waals surface area contributed by atoms with E-state index in [2.05, 4.69) is 4.98 Å². The predicted octanol–water partition coefficient (Wildman–Crippen LogP) is 2.30. The van der Waals surface area contributed by atoms with Gasteiger partial charge in [-0.25, -0.2) is 9.37 Å². The van der Waals surface area contributed by atoms with Crippen LogP contribution in [-0.4, -0.2) is 40.4 Å². The molecule has 2 heterocycles. The molecule has 0 aromatic carbocycles. The molecule has 0 spiro atoms. The van der Waals surface area contributed by atoms with Gasteiger partial charge in [0.05, 0.1) is 5.60 Å². The fraction of sp³-hybridized carbons (Fsp3) is 0.625. The summed E-state index contributed by atoms with van der Waals surface area (Å²) < 4.78 is 13.8. The molecule has 0 amide bonds. The molecular formula is C16H23FN2O3. The molecule has 1 saturated carbocycles. The van der Waals surface area contributed by atoms with E-state index in [-0.39, 0.29) is 18.2 Å². The molecule has 0 bridgehead atoms. The van der Waals surface area contributed by atoms with Crippen LogP contribution in [0.15, 0.2) is 18.3 Å². The van der Waals surface area contributed by atoms with Crippen molar-refractivity contribution in [3.8, 4) is 0 Å². The molecule has 1 aromatic rings. The van der Waals surface area contributed by atoms with E-state index < -0.39 is 5.60 Å². The number of halogens is 1. The van der Waals surface area contributed by atoms with Crippen LogP contribution in [0.4, 0.5) is 10.2 Å². The predicted molar refractivity (Wildman–Crippen MR) is 81.2 cm³/mol. The highest BCUT2D eigenvalue weighted by molar-refractivity contribution is 5.41. The topological polar surface area (TPSA) is 73.7 Å². The molecule has 2 aliphatic rings. The Morgan fingerprint density at radius 3 is 2.91 bits per heavy atom. The summed E-state index contributed by atoms with van der Waals surface area (Å²) in [4.78, 5) is 14.5. The maximum absolute atomic E-state index is 13.8. The third-order valence-corrected chi connectivity index (χ3v) is 4.97. The van der Waals surface area contributed by atoms with E-state index in [9.17, 15) is 9.50 Å². The van der Waals surface area contributed by atoms with Gasteiger partial charge in [-0.05, 0) is 37.3 Å². The number of hydrogen-bond donors (Lipinski definition) is 2. The number of aromatic nitrogens is 1. The zero-order chi connectivity index (χ0) is 16.2. The highest BCUT2D eigenvalue weighted by atomic mass is 19.1. The van der Waals surface area contributed by atoms with Crippen molar-refractivity contribution in [1.82, 2.24) is 4.98 Å². The summed E-state index contributed by atoms with van der Waals surface area (Å²) >= 11 is 0. The number of nitrogens with zero attached hydrogens (tertiary/aromatic N) is 2. The minimum absolute atomic E-state index is 0.250. The van der Waals surface area contributed by atoms with Crippen molar-refractivity contribution in [3.63, 3.8) is 0 Å². The van der Waals surface area contributed by atoms with Gasteiger partial charge < -0.3 is 15.1 Å². The number of anilines is 1. The average Bonchev–Trinajstić information content (AvgIpc) is 2.94. The maximum Gasteiger partial charge on any atom is 0.290 e. The van der Waals surface area contributed by atoms with Gasteiger partial charge in [0.15, 0.2) is 11.6 Å². The van der Waals surface area contributed by atoms with Crippen LogP contribution in [0, 0.1) is 17.7 Å². The summed E-state index contributed by atoms with van der Waals surface area (Å²) in [6.07, 6.45) is 5.50. The van der Waals surface area contributed by atoms with Gasteiger partial charge in [-0.1, -0.05) is 13.3 Å². The number of rotatable bonds is 2. The summed E-state index contributed by atoms with van der Waals surface area (Å²) in [7, 11) is 0. The van der Waals surface area contributed by atoms with Crippen molar-refractivity contribution >= 4 is 12.3 Å². The molecule has 22 heavy (non-hydrogen) atoms. The standard InChI is InChI=1S/C15H21FN2O.CH2O2/c1-2-15(19)7-3-5-11-9-18(10-12(11)15)14-13(16)6-4-8-17-14;2-1-3/h4,6,8,11-12,19H,2-3,5,7,9-10H2,1H3;1H,(H,2,3)/t11-,12+,15-;/m1./s1. The third-order valence-electron chi connectivity index (χ3n) is 4.97. The van der Waals surface area contributed by atoms with Gasteiger partial charge in [-0.15, -0.1) is 0 Å². The fourth-order valence-electron chi connectivity index (χ4n) is 3.85. The largest absolute Gasteiger partial charge is 0.483 e. The van der Waals surface area contributed by atoms with Gasteiger partial charge in [0.25, 0.3) is 6.47 Å². The molecule has 1 aliphatic carbocycles. The Labute approximate surface area is 129 Å². The molecule has 2 fully saturated rings. The van der Waals surface area contributed by atoms with E-state index in [1.165, 1.54) is 6.07 Å². The van der Waals surface area contributed by atoms with Crippen LogP contribution in [0.5, 0.6) is 0 Å². The van der Waals surface area contributed by atoms with E-state index >= 15 is 0 Å². The van der Waals surface area contributed by atoms with Crippen molar-refractivity contribution in [2.75, 3.05) is 18.0 Å². The number of aliphatic hydroxyl groups is 1. The van der Waals surface area contributed by atoms with Crippen molar-refractivity contribution in [3.05, 3.63) is 24.1 Å². The van der Waals surface area contributed by atoms with Crippen molar-refractivity contribution < 1.29 is 19.4 Å². The van der Waals surface area contributed by atoms with Crippen LogP contribution in [0.1, 0.15) is 32.6 Å². The Kier molecular flexibility index (Phi) is 5.34. The zero-order valence-corrected chi connectivity index (χ0v) is 12.8. The van der Waals surface area contributed by atoms with Gasteiger partial charge in [0.2, 0.25) is 0 Å². The van der Waals surface area contributed by atoms with Crippen LogP contribution in [-0.2, 0) is 4.79 Å². The second-order valence-electron chi connectivity index (χ2n) is 6.04. The number of carboxylic acid groups (broad SMARTS) is 1. The number of pyridine rings is 1. The van der Waals surface area contributed by atoms with Gasteiger partial charge in [0, 0.05) is 25.2 Å². The molecule has 1 aromatic heterocycles. The zero-order valence-electron chi connectivity index (χ0n) is 12.8. The third kappa shape index (κ3) is 3.21. The molecule has 0 radical (unpaired) electrons. The smallest absolute Gasteiger partial charge is 0.290 e. The molecule has 5 nitrogen and oxygen atoms in total. The monoisotopic (exact) mass is 310 g/mol. The molecule has 6 heteroatoms. The Morgan fingerprint density at radius 2 is 2.27 bits per heavy atom. The van der Waals surface area contributed by atoms with Crippen LogP contribution in [0.2, 0.25) is 0 Å². The highest BCUT2D eigenvalue weighted by Crippen LogP contribution is 2.45. The Bertz CT molecular complexity index is 514. The van der Waals surface area contributed by atoms with Crippen LogP contribution in [0.25, 0.3) is 0 Å². The number of fused-ring (bicyclic) bond motifs is 1. The molecule has 3 rings (SSSR count). The first-order valence-corrected chi connectivity index (χ1v) is 7.71. The summed E-state index contributed by atoms with van der Waals surface area (Å²) in [5.74, 6) is 0.907. The highest BCUT2D eigenvalue weighted by Gasteiger charge is 2.48. The first-order chi connectivity index (χ1) is 10.6. The molecule has 3 atom stereocenters. The van der Waals surface area contributed by atoms with E-state index in [0.717, 1.165) is 38.8 Å². The average molecular weight is 310 g/mol. The molecular weight excluding hydrogens is 287 g/mol. The number of carbonyl (C=O) groups is 1. The van der Waals surface area contributed by atoms with E-state index in [1.807, 2.05) is 11.8 Å². The molecule has 2 N–H and O–H groups in total. The lowest BCUT2D eigenvalue weighted by Crippen LogP contribution is -2.44. The van der Waals surface area contributed by atoms with Crippen molar-refractivity contribution in [2.45, 2.75) is 38.2 Å². The molecule has 122 valence electrons. The SMILES string of the molecule is CC[C@@]1(O)CCC[C@@H]2CN(c3ncccc3F)C[C@@H]21.O=CO. The lowest BCUT2D eigenvalue weighted by Gasteiger charge is -2.40. The van der Waals surface area contributed by atoms with Crippen LogP contribution >= 0.6 is 0 Å². The van der Waals surface area contributed by atoms with Crippen molar-refractivity contribution in [1.29, 1.82) is 0 Å². The first-order valence-electron chi connectivity index (χ1n) is 7.71. The van der Waals surface area contributed by atoms with E-state index in [1.54, 1.807) is 12.3 Å². The molecule has 1 aliphatic heterocycles. The van der Waals surface area contributed by atoms with Crippen LogP contribution in [0.3, 0.4) is 0 Å². The van der Waals surface area contributed by atoms with Gasteiger partial charge >= 0.3 is 0 Å². The lowest BCUT2D eigenvalue weighted by molar-refractivity contribution is -0.122. The second-order valence-corrected chi connectivity index (χ2v) is 6.04. The summed E-state index contributed by atoms with van der Waals surface area (Å²) in [5, 5.41) is 17.6. The normalized spacial score (nSPS) is 30.2. The first kappa shape index (κ1) is 16.7. The Morgan fingerprint density at radius 1 is 1.55 bits per heavy atom. The van der Waals surface area contributed by atoms with E-state index in [4.69, 9.17) is 9.90 Å². The quantitative estimate of drug-likeness (QED) is 0.820. The lowest BCUT2D eigenvalue weighted by atomic mass is 9.69. The Hall–Kier alpha value is -1.69. The van der Waals surface area contributed by atoms with E-state index in [0.29, 0.717) is 11.7 Å². The van der Waals surface area contributed by atoms with Gasteiger partial charge in [-0.2, -0.15) is 0 Å². The Balaban J connectivity index is 0.000000545.